The first-order valence-electron chi connectivity index (χ1n) is 9.86. The third kappa shape index (κ3) is 5.83. The van der Waals surface area contributed by atoms with Gasteiger partial charge in [-0.05, 0) is 57.7 Å². The van der Waals surface area contributed by atoms with Gasteiger partial charge in [0.25, 0.3) is 5.91 Å². The molecule has 0 fully saturated rings. The van der Waals surface area contributed by atoms with E-state index in [1.165, 1.54) is 13.0 Å². The number of carbonyl (C=O) groups excluding carboxylic acids is 2. The Bertz CT molecular complexity index is 991. The molecule has 0 aliphatic carbocycles. The molecule has 2 aromatic rings. The smallest absolute Gasteiger partial charge is 0.349 e. The lowest BCUT2D eigenvalue weighted by molar-refractivity contribution is -0.148. The molecule has 2 aromatic heterocycles. The number of hydrogen-bond donors (Lipinski definition) is 1. The van der Waals surface area contributed by atoms with E-state index in [1.54, 1.807) is 13.0 Å². The second kappa shape index (κ2) is 9.92. The summed E-state index contributed by atoms with van der Waals surface area (Å²) in [6.45, 7) is 12.3. The highest BCUT2D eigenvalue weighted by Crippen LogP contribution is 2.20. The predicted molar refractivity (Wildman–Crippen MR) is 112 cm³/mol. The quantitative estimate of drug-likeness (QED) is 0.400. The van der Waals surface area contributed by atoms with Crippen molar-refractivity contribution in [3.05, 3.63) is 40.4 Å². The zero-order valence-corrected chi connectivity index (χ0v) is 18.3. The Morgan fingerprint density at radius 2 is 2.00 bits per heavy atom. The van der Waals surface area contributed by atoms with E-state index in [-0.39, 0.29) is 11.4 Å². The van der Waals surface area contributed by atoms with Crippen LogP contribution < -0.4 is 5.32 Å². The number of amides is 1. The number of rotatable bonds is 8. The molecule has 8 nitrogen and oxygen atoms in total. The summed E-state index contributed by atoms with van der Waals surface area (Å²) in [5.74, 6) is -0.0890. The molecule has 0 unspecified atom stereocenters. The molecular weight excluding hydrogens is 384 g/mol. The molecule has 1 amide bonds. The molecule has 1 atom stereocenters. The number of nitriles is 1. The van der Waals surface area contributed by atoms with Gasteiger partial charge in [0.2, 0.25) is 0 Å². The standard InChI is InChI=1S/C22H28N4O4/c1-13(2)7-8-26-14(3)9-18(16(26)5)11-19(12-23)22(28)29-17(6)21(27)24-20-10-15(4)30-25-20/h9-11,13,17H,7-8H2,1-6H3,(H,24,25,27)/b19-11+/t17-/m1/s1. The average Bonchev–Trinajstić information content (AvgIpc) is 3.20. The number of nitrogens with zero attached hydrogens (tertiary/aromatic N) is 3. The first kappa shape index (κ1) is 22.9. The van der Waals surface area contributed by atoms with E-state index < -0.39 is 18.0 Å². The lowest BCUT2D eigenvalue weighted by Crippen LogP contribution is -2.30. The van der Waals surface area contributed by atoms with Gasteiger partial charge < -0.3 is 19.1 Å². The van der Waals surface area contributed by atoms with Gasteiger partial charge in [-0.3, -0.25) is 4.79 Å². The fourth-order valence-corrected chi connectivity index (χ4v) is 2.93. The van der Waals surface area contributed by atoms with Crippen LogP contribution in [0, 0.1) is 38.0 Å². The minimum absolute atomic E-state index is 0.170. The predicted octanol–water partition coefficient (Wildman–Crippen LogP) is 3.92. The zero-order valence-electron chi connectivity index (χ0n) is 18.3. The summed E-state index contributed by atoms with van der Waals surface area (Å²) >= 11 is 0. The fourth-order valence-electron chi connectivity index (χ4n) is 2.93. The van der Waals surface area contributed by atoms with Crippen molar-refractivity contribution >= 4 is 23.8 Å². The van der Waals surface area contributed by atoms with Gasteiger partial charge in [-0.15, -0.1) is 0 Å². The van der Waals surface area contributed by atoms with E-state index in [0.717, 1.165) is 29.9 Å². The van der Waals surface area contributed by atoms with Crippen molar-refractivity contribution in [3.8, 4) is 6.07 Å². The van der Waals surface area contributed by atoms with Gasteiger partial charge in [0, 0.05) is 24.0 Å². The largest absolute Gasteiger partial charge is 0.448 e. The third-order valence-electron chi connectivity index (χ3n) is 4.72. The second-order valence-electron chi connectivity index (χ2n) is 7.69. The summed E-state index contributed by atoms with van der Waals surface area (Å²) in [5, 5.41) is 15.6. The summed E-state index contributed by atoms with van der Waals surface area (Å²) < 4.78 is 12.2. The van der Waals surface area contributed by atoms with Crippen LogP contribution in [0.1, 0.15) is 49.9 Å². The van der Waals surface area contributed by atoms with Crippen LogP contribution in [-0.2, 0) is 20.9 Å². The molecule has 0 aliphatic heterocycles. The molecule has 8 heteroatoms. The van der Waals surface area contributed by atoms with E-state index in [4.69, 9.17) is 9.26 Å². The molecule has 0 saturated heterocycles. The molecule has 1 N–H and O–H groups in total. The van der Waals surface area contributed by atoms with Crippen LogP contribution in [0.3, 0.4) is 0 Å². The van der Waals surface area contributed by atoms with Crippen LogP contribution in [0.15, 0.2) is 22.2 Å². The minimum Gasteiger partial charge on any atom is -0.448 e. The molecule has 0 bridgehead atoms. The number of carbonyl (C=O) groups is 2. The highest BCUT2D eigenvalue weighted by molar-refractivity contribution is 6.01. The van der Waals surface area contributed by atoms with Crippen LogP contribution >= 0.6 is 0 Å². The third-order valence-corrected chi connectivity index (χ3v) is 4.72. The number of nitrogens with one attached hydrogen (secondary N) is 1. The number of aryl methyl sites for hydroxylation is 2. The SMILES string of the molecule is Cc1cc(NC(=O)[C@@H](C)OC(=O)/C(C#N)=C/c2cc(C)n(CCC(C)C)c2C)no1. The van der Waals surface area contributed by atoms with Gasteiger partial charge in [0.15, 0.2) is 11.9 Å². The minimum atomic E-state index is -1.11. The van der Waals surface area contributed by atoms with Crippen molar-refractivity contribution in [3.63, 3.8) is 0 Å². The van der Waals surface area contributed by atoms with Crippen LogP contribution in [-0.4, -0.2) is 27.7 Å². The van der Waals surface area contributed by atoms with Crippen molar-refractivity contribution in [1.82, 2.24) is 9.72 Å². The van der Waals surface area contributed by atoms with Crippen LogP contribution in [0.2, 0.25) is 0 Å². The first-order valence-corrected chi connectivity index (χ1v) is 9.86. The van der Waals surface area contributed by atoms with Crippen molar-refractivity contribution in [2.45, 2.75) is 60.6 Å². The van der Waals surface area contributed by atoms with Gasteiger partial charge in [0.05, 0.1) is 0 Å². The summed E-state index contributed by atoms with van der Waals surface area (Å²) in [7, 11) is 0. The van der Waals surface area contributed by atoms with Crippen molar-refractivity contribution in [2.24, 2.45) is 5.92 Å². The molecular formula is C22H28N4O4. The van der Waals surface area contributed by atoms with Gasteiger partial charge >= 0.3 is 5.97 Å². The molecule has 0 radical (unpaired) electrons. The molecule has 2 rings (SSSR count). The molecule has 30 heavy (non-hydrogen) atoms. The summed E-state index contributed by atoms with van der Waals surface area (Å²) in [5.41, 5.74) is 2.64. The Labute approximate surface area is 176 Å². The Balaban J connectivity index is 2.10. The fraction of sp³-hybridized carbons (Fsp3) is 0.455. The van der Waals surface area contributed by atoms with Crippen molar-refractivity contribution in [1.29, 1.82) is 5.26 Å². The van der Waals surface area contributed by atoms with E-state index in [9.17, 15) is 14.9 Å². The Morgan fingerprint density at radius 1 is 1.30 bits per heavy atom. The lowest BCUT2D eigenvalue weighted by Gasteiger charge is -2.12. The lowest BCUT2D eigenvalue weighted by atomic mass is 10.1. The summed E-state index contributed by atoms with van der Waals surface area (Å²) in [4.78, 5) is 24.6. The highest BCUT2D eigenvalue weighted by atomic mass is 16.5. The van der Waals surface area contributed by atoms with Gasteiger partial charge in [0.1, 0.15) is 17.4 Å². The zero-order chi connectivity index (χ0) is 22.4. The number of hydrogen-bond acceptors (Lipinski definition) is 6. The maximum atomic E-state index is 12.4. The maximum Gasteiger partial charge on any atom is 0.349 e. The number of aromatic nitrogens is 2. The Hall–Kier alpha value is -3.34. The molecule has 160 valence electrons. The Kier molecular flexibility index (Phi) is 7.59. The normalized spacial score (nSPS) is 12.5. The van der Waals surface area contributed by atoms with Gasteiger partial charge in [-0.25, -0.2) is 4.79 Å². The van der Waals surface area contributed by atoms with Crippen LogP contribution in [0.25, 0.3) is 6.08 Å². The Morgan fingerprint density at radius 3 is 2.57 bits per heavy atom. The summed E-state index contributed by atoms with van der Waals surface area (Å²) in [6.07, 6.45) is 1.43. The van der Waals surface area contributed by atoms with Crippen LogP contribution in [0.5, 0.6) is 0 Å². The van der Waals surface area contributed by atoms with Gasteiger partial charge in [-0.2, -0.15) is 5.26 Å². The van der Waals surface area contributed by atoms with Crippen molar-refractivity contribution < 1.29 is 18.8 Å². The van der Waals surface area contributed by atoms with E-state index in [2.05, 4.69) is 28.9 Å². The topological polar surface area (TPSA) is 110 Å². The summed E-state index contributed by atoms with van der Waals surface area (Å²) in [6, 6.07) is 5.35. The second-order valence-corrected chi connectivity index (χ2v) is 7.69. The maximum absolute atomic E-state index is 12.4. The van der Waals surface area contributed by atoms with Gasteiger partial charge in [-0.1, -0.05) is 19.0 Å². The number of anilines is 1. The first-order chi connectivity index (χ1) is 14.1. The molecule has 0 spiro atoms. The molecule has 0 saturated carbocycles. The highest BCUT2D eigenvalue weighted by Gasteiger charge is 2.22. The molecule has 2 heterocycles. The molecule has 0 aromatic carbocycles. The monoisotopic (exact) mass is 412 g/mol. The average molecular weight is 412 g/mol. The van der Waals surface area contributed by atoms with E-state index in [0.29, 0.717) is 11.7 Å². The number of ether oxygens (including phenoxy) is 1. The van der Waals surface area contributed by atoms with E-state index in [1.807, 2.05) is 26.0 Å². The molecule has 0 aliphatic rings. The van der Waals surface area contributed by atoms with Crippen molar-refractivity contribution in [2.75, 3.05) is 5.32 Å². The number of esters is 1. The van der Waals surface area contributed by atoms with E-state index >= 15 is 0 Å². The van der Waals surface area contributed by atoms with Crippen LogP contribution in [0.4, 0.5) is 5.82 Å².